The van der Waals surface area contributed by atoms with Crippen LogP contribution in [0.3, 0.4) is 0 Å². The largest absolute Gasteiger partial charge is 0.377 e. The molecular weight excluding hydrogens is 248 g/mol. The molecule has 0 radical (unpaired) electrons. The fraction of sp³-hybridized carbons (Fsp3) is 0.556. The molecule has 2 aliphatic rings. The van der Waals surface area contributed by atoms with Gasteiger partial charge in [-0.25, -0.2) is 0 Å². The van der Waals surface area contributed by atoms with Gasteiger partial charge in [-0.05, 0) is 49.2 Å². The second kappa shape index (κ2) is 8.93. The molecule has 2 heteroatoms. The van der Waals surface area contributed by atoms with Gasteiger partial charge in [-0.1, -0.05) is 37.0 Å². The Labute approximate surface area is 122 Å². The third-order valence-electron chi connectivity index (χ3n) is 3.98. The molecule has 110 valence electrons. The van der Waals surface area contributed by atoms with Crippen molar-refractivity contribution in [3.8, 4) is 0 Å². The lowest BCUT2D eigenvalue weighted by atomic mass is 9.86. The highest BCUT2D eigenvalue weighted by Crippen LogP contribution is 2.29. The van der Waals surface area contributed by atoms with Gasteiger partial charge in [0.1, 0.15) is 0 Å². The van der Waals surface area contributed by atoms with Crippen LogP contribution in [0.15, 0.2) is 48.1 Å². The summed E-state index contributed by atoms with van der Waals surface area (Å²) in [4.78, 5) is 0. The van der Waals surface area contributed by atoms with Gasteiger partial charge in [-0.15, -0.1) is 0 Å². The van der Waals surface area contributed by atoms with Crippen molar-refractivity contribution in [3.63, 3.8) is 0 Å². The van der Waals surface area contributed by atoms with Crippen molar-refractivity contribution in [2.45, 2.75) is 32.1 Å². The Kier molecular flexibility index (Phi) is 6.82. The van der Waals surface area contributed by atoms with Crippen LogP contribution in [0.25, 0.3) is 0 Å². The normalized spacial score (nSPS) is 28.7. The van der Waals surface area contributed by atoms with E-state index >= 15 is 0 Å². The van der Waals surface area contributed by atoms with Gasteiger partial charge in [-0.3, -0.25) is 0 Å². The summed E-state index contributed by atoms with van der Waals surface area (Å²) in [6.45, 7) is 6.95. The van der Waals surface area contributed by atoms with Gasteiger partial charge in [0.05, 0.1) is 19.8 Å². The summed E-state index contributed by atoms with van der Waals surface area (Å²) in [5.74, 6) is 0.756. The minimum atomic E-state index is 0.756. The molecule has 1 fully saturated rings. The first-order valence-corrected chi connectivity index (χ1v) is 7.71. The molecule has 1 aliphatic carbocycles. The van der Waals surface area contributed by atoms with Crippen LogP contribution in [-0.2, 0) is 9.47 Å². The van der Waals surface area contributed by atoms with Crippen LogP contribution in [0.4, 0.5) is 0 Å². The van der Waals surface area contributed by atoms with E-state index in [1.54, 1.807) is 6.08 Å². The van der Waals surface area contributed by atoms with E-state index in [9.17, 15) is 0 Å². The van der Waals surface area contributed by atoms with Crippen molar-refractivity contribution in [1.29, 1.82) is 0 Å². The van der Waals surface area contributed by atoms with Gasteiger partial charge in [-0.2, -0.15) is 0 Å². The zero-order chi connectivity index (χ0) is 14.0. The maximum absolute atomic E-state index is 5.74. The predicted octanol–water partition coefficient (Wildman–Crippen LogP) is 4.21. The van der Waals surface area contributed by atoms with E-state index in [-0.39, 0.29) is 0 Å². The Bertz CT molecular complexity index is 390. The first-order chi connectivity index (χ1) is 9.90. The average molecular weight is 274 g/mol. The SMILES string of the molecule is C=C/C=C/CCOC/C1=C/C=C2/COCC[C@H]2CCC1. The molecule has 2 nitrogen and oxygen atoms in total. The fourth-order valence-electron chi connectivity index (χ4n) is 2.78. The number of rotatable bonds is 6. The van der Waals surface area contributed by atoms with Gasteiger partial charge in [0.25, 0.3) is 0 Å². The molecule has 0 bridgehead atoms. The van der Waals surface area contributed by atoms with Crippen molar-refractivity contribution in [1.82, 2.24) is 0 Å². The maximum Gasteiger partial charge on any atom is 0.0682 e. The summed E-state index contributed by atoms with van der Waals surface area (Å²) < 4.78 is 11.3. The number of ether oxygens (including phenoxy) is 2. The number of hydrogen-bond acceptors (Lipinski definition) is 2. The zero-order valence-corrected chi connectivity index (χ0v) is 12.4. The molecule has 0 aromatic heterocycles. The molecular formula is C18H26O2. The number of allylic oxidation sites excluding steroid dienone is 4. The lowest BCUT2D eigenvalue weighted by Gasteiger charge is -2.27. The quantitative estimate of drug-likeness (QED) is 0.533. The Morgan fingerprint density at radius 3 is 3.20 bits per heavy atom. The molecule has 0 N–H and O–H groups in total. The average Bonchev–Trinajstić information content (AvgIpc) is 2.45. The second-order valence-electron chi connectivity index (χ2n) is 5.50. The van der Waals surface area contributed by atoms with Gasteiger partial charge in [0.2, 0.25) is 0 Å². The van der Waals surface area contributed by atoms with Crippen LogP contribution in [0.5, 0.6) is 0 Å². The molecule has 1 saturated heterocycles. The monoisotopic (exact) mass is 274 g/mol. The van der Waals surface area contributed by atoms with E-state index in [0.717, 1.165) is 38.8 Å². The van der Waals surface area contributed by atoms with Crippen LogP contribution >= 0.6 is 0 Å². The minimum Gasteiger partial charge on any atom is -0.377 e. The highest BCUT2D eigenvalue weighted by molar-refractivity contribution is 5.22. The van der Waals surface area contributed by atoms with Crippen LogP contribution in [0.2, 0.25) is 0 Å². The summed E-state index contributed by atoms with van der Waals surface area (Å²) in [7, 11) is 0. The van der Waals surface area contributed by atoms with Crippen molar-refractivity contribution in [3.05, 3.63) is 48.1 Å². The maximum atomic E-state index is 5.74. The fourth-order valence-corrected chi connectivity index (χ4v) is 2.78. The van der Waals surface area contributed by atoms with Crippen LogP contribution in [0.1, 0.15) is 32.1 Å². The molecule has 1 heterocycles. The van der Waals surface area contributed by atoms with E-state index < -0.39 is 0 Å². The molecule has 0 aromatic rings. The molecule has 0 spiro atoms. The summed E-state index contributed by atoms with van der Waals surface area (Å²) in [6, 6.07) is 0. The summed E-state index contributed by atoms with van der Waals surface area (Å²) in [5.41, 5.74) is 2.89. The van der Waals surface area contributed by atoms with E-state index in [2.05, 4.69) is 24.8 Å². The summed E-state index contributed by atoms with van der Waals surface area (Å²) >= 11 is 0. The van der Waals surface area contributed by atoms with Crippen LogP contribution in [-0.4, -0.2) is 26.4 Å². The highest BCUT2D eigenvalue weighted by atomic mass is 16.5. The Morgan fingerprint density at radius 1 is 1.35 bits per heavy atom. The van der Waals surface area contributed by atoms with Gasteiger partial charge in [0, 0.05) is 6.61 Å². The first kappa shape index (κ1) is 15.3. The lowest BCUT2D eigenvalue weighted by Crippen LogP contribution is -2.20. The van der Waals surface area contributed by atoms with Gasteiger partial charge >= 0.3 is 0 Å². The van der Waals surface area contributed by atoms with Crippen molar-refractivity contribution < 1.29 is 9.47 Å². The lowest BCUT2D eigenvalue weighted by molar-refractivity contribution is 0.104. The van der Waals surface area contributed by atoms with Crippen molar-refractivity contribution >= 4 is 0 Å². The predicted molar refractivity (Wildman–Crippen MR) is 83.7 cm³/mol. The van der Waals surface area contributed by atoms with Crippen LogP contribution in [0, 0.1) is 5.92 Å². The van der Waals surface area contributed by atoms with Gasteiger partial charge in [0.15, 0.2) is 0 Å². The molecule has 0 unspecified atom stereocenters. The first-order valence-electron chi connectivity index (χ1n) is 7.71. The molecule has 0 amide bonds. The molecule has 1 atom stereocenters. The topological polar surface area (TPSA) is 18.5 Å². The number of fused-ring (bicyclic) bond motifs is 1. The minimum absolute atomic E-state index is 0.756. The molecule has 2 rings (SSSR count). The standard InChI is InChI=1S/C18H26O2/c1-2-3-4-5-12-19-14-16-7-6-8-17-11-13-20-15-18(17)10-9-16/h2-4,9-10,17H,1,5-8,11-15H2/b4-3+,16-9+,18-10-/t17-/m1/s1. The summed E-state index contributed by atoms with van der Waals surface area (Å²) in [6.07, 6.45) is 16.3. The Balaban J connectivity index is 1.78. The van der Waals surface area contributed by atoms with E-state index in [4.69, 9.17) is 9.47 Å². The van der Waals surface area contributed by atoms with E-state index in [1.807, 2.05) is 6.08 Å². The highest BCUT2D eigenvalue weighted by Gasteiger charge is 2.19. The van der Waals surface area contributed by atoms with E-state index in [0.29, 0.717) is 0 Å². The number of hydrogen-bond donors (Lipinski definition) is 0. The second-order valence-corrected chi connectivity index (χ2v) is 5.50. The molecule has 0 saturated carbocycles. The third-order valence-corrected chi connectivity index (χ3v) is 3.98. The zero-order valence-electron chi connectivity index (χ0n) is 12.4. The molecule has 0 aromatic carbocycles. The summed E-state index contributed by atoms with van der Waals surface area (Å²) in [5, 5.41) is 0. The Morgan fingerprint density at radius 2 is 2.30 bits per heavy atom. The van der Waals surface area contributed by atoms with Crippen LogP contribution < -0.4 is 0 Å². The third kappa shape index (κ3) is 5.10. The van der Waals surface area contributed by atoms with Gasteiger partial charge < -0.3 is 9.47 Å². The molecule has 1 aliphatic heterocycles. The molecule has 20 heavy (non-hydrogen) atoms. The van der Waals surface area contributed by atoms with Crippen molar-refractivity contribution in [2.75, 3.05) is 26.4 Å². The van der Waals surface area contributed by atoms with Crippen molar-refractivity contribution in [2.24, 2.45) is 5.92 Å². The van der Waals surface area contributed by atoms with E-state index in [1.165, 1.54) is 36.8 Å². The smallest absolute Gasteiger partial charge is 0.0682 e. The Hall–Kier alpha value is -1.12.